The van der Waals surface area contributed by atoms with E-state index in [1.165, 1.54) is 0 Å². The van der Waals surface area contributed by atoms with Crippen molar-refractivity contribution in [3.8, 4) is 5.75 Å². The molecule has 158 valence electrons. The lowest BCUT2D eigenvalue weighted by molar-refractivity contribution is -0.173. The summed E-state index contributed by atoms with van der Waals surface area (Å²) in [6.45, 7) is 3.63. The Kier molecular flexibility index (Phi) is 8.69. The average Bonchev–Trinajstić information content (AvgIpc) is 3.12. The number of aliphatic imine (C=N–C) groups is 1. The number of para-hydroxylation sites is 2. The van der Waals surface area contributed by atoms with Gasteiger partial charge < -0.3 is 25.0 Å². The van der Waals surface area contributed by atoms with Crippen molar-refractivity contribution in [2.24, 2.45) is 4.99 Å². The van der Waals surface area contributed by atoms with Crippen LogP contribution in [-0.2, 0) is 4.74 Å². The molecule has 1 fully saturated rings. The predicted octanol–water partition coefficient (Wildman–Crippen LogP) is 2.80. The highest BCUT2D eigenvalue weighted by atomic mass is 19.4. The van der Waals surface area contributed by atoms with Crippen LogP contribution in [0.5, 0.6) is 5.75 Å². The zero-order chi connectivity index (χ0) is 20.4. The first kappa shape index (κ1) is 22.1. The van der Waals surface area contributed by atoms with Crippen LogP contribution in [0.1, 0.15) is 19.8 Å². The van der Waals surface area contributed by atoms with Crippen LogP contribution in [0.2, 0.25) is 0 Å². The maximum absolute atomic E-state index is 12.0. The molecular formula is C19H29F3N4O2. The van der Waals surface area contributed by atoms with Crippen molar-refractivity contribution in [2.45, 2.75) is 32.0 Å². The molecular weight excluding hydrogens is 373 g/mol. The molecule has 1 unspecified atom stereocenters. The fourth-order valence-electron chi connectivity index (χ4n) is 3.05. The summed E-state index contributed by atoms with van der Waals surface area (Å²) in [5.41, 5.74) is 1.07. The van der Waals surface area contributed by atoms with E-state index in [0.29, 0.717) is 25.5 Å². The molecule has 0 spiro atoms. The van der Waals surface area contributed by atoms with E-state index in [9.17, 15) is 13.2 Å². The standard InChI is InChI=1S/C19H29F3N4O2/c1-3-23-18(24-10-6-12-28-14-19(20,21)22)25-15-9-11-26(13-15)16-7-4-5-8-17(16)27-2/h4-5,7-8,15H,3,6,9-14H2,1-2H3,(H2,23,24,25). The number of nitrogens with zero attached hydrogens (tertiary/aromatic N) is 2. The average molecular weight is 402 g/mol. The number of benzene rings is 1. The predicted molar refractivity (Wildman–Crippen MR) is 104 cm³/mol. The number of alkyl halides is 3. The highest BCUT2D eigenvalue weighted by molar-refractivity contribution is 5.80. The van der Waals surface area contributed by atoms with Gasteiger partial charge in [0.25, 0.3) is 0 Å². The fraction of sp³-hybridized carbons (Fsp3) is 0.632. The molecule has 0 aromatic heterocycles. The lowest BCUT2D eigenvalue weighted by Gasteiger charge is -2.22. The van der Waals surface area contributed by atoms with Crippen LogP contribution in [0, 0.1) is 0 Å². The minimum absolute atomic E-state index is 0.0351. The normalized spacial score (nSPS) is 17.7. The van der Waals surface area contributed by atoms with Gasteiger partial charge in [0.15, 0.2) is 5.96 Å². The Morgan fingerprint density at radius 2 is 2.11 bits per heavy atom. The van der Waals surface area contributed by atoms with Crippen LogP contribution in [0.15, 0.2) is 29.3 Å². The molecule has 1 aromatic carbocycles. The van der Waals surface area contributed by atoms with Gasteiger partial charge in [-0.1, -0.05) is 12.1 Å². The quantitative estimate of drug-likeness (QED) is 0.378. The number of hydrogen-bond donors (Lipinski definition) is 2. The second-order valence-electron chi connectivity index (χ2n) is 6.53. The van der Waals surface area contributed by atoms with Crippen molar-refractivity contribution in [3.05, 3.63) is 24.3 Å². The van der Waals surface area contributed by atoms with Crippen LogP contribution in [0.3, 0.4) is 0 Å². The molecule has 2 N–H and O–H groups in total. The van der Waals surface area contributed by atoms with Crippen molar-refractivity contribution in [2.75, 3.05) is 51.4 Å². The van der Waals surface area contributed by atoms with E-state index in [1.807, 2.05) is 31.2 Å². The molecule has 0 radical (unpaired) electrons. The monoisotopic (exact) mass is 402 g/mol. The second kappa shape index (κ2) is 11.0. The van der Waals surface area contributed by atoms with E-state index in [2.05, 4.69) is 25.3 Å². The number of hydrogen-bond acceptors (Lipinski definition) is 4. The van der Waals surface area contributed by atoms with Crippen LogP contribution < -0.4 is 20.3 Å². The third-order valence-electron chi connectivity index (χ3n) is 4.28. The first-order valence-electron chi connectivity index (χ1n) is 9.50. The van der Waals surface area contributed by atoms with Crippen molar-refractivity contribution in [3.63, 3.8) is 0 Å². The highest BCUT2D eigenvalue weighted by Crippen LogP contribution is 2.30. The number of anilines is 1. The Morgan fingerprint density at radius 1 is 1.32 bits per heavy atom. The molecule has 28 heavy (non-hydrogen) atoms. The van der Waals surface area contributed by atoms with Gasteiger partial charge in [0.1, 0.15) is 12.4 Å². The fourth-order valence-corrected chi connectivity index (χ4v) is 3.05. The van der Waals surface area contributed by atoms with E-state index in [-0.39, 0.29) is 12.6 Å². The van der Waals surface area contributed by atoms with Gasteiger partial charge in [-0.05, 0) is 31.9 Å². The Hall–Kier alpha value is -2.16. The van der Waals surface area contributed by atoms with Gasteiger partial charge in [0.05, 0.1) is 12.8 Å². The second-order valence-corrected chi connectivity index (χ2v) is 6.53. The summed E-state index contributed by atoms with van der Waals surface area (Å²) in [6.07, 6.45) is -2.89. The van der Waals surface area contributed by atoms with Gasteiger partial charge in [-0.3, -0.25) is 4.99 Å². The smallest absolute Gasteiger partial charge is 0.411 e. The highest BCUT2D eigenvalue weighted by Gasteiger charge is 2.27. The van der Waals surface area contributed by atoms with Crippen molar-refractivity contribution < 1.29 is 22.6 Å². The SMILES string of the molecule is CCNC(=NCCCOCC(F)(F)F)NC1CCN(c2ccccc2OC)C1. The number of guanidine groups is 1. The molecule has 2 rings (SSSR count). The summed E-state index contributed by atoms with van der Waals surface area (Å²) in [4.78, 5) is 6.70. The summed E-state index contributed by atoms with van der Waals surface area (Å²) < 4.78 is 46.2. The molecule has 0 amide bonds. The van der Waals surface area contributed by atoms with Crippen molar-refractivity contribution in [1.82, 2.24) is 10.6 Å². The van der Waals surface area contributed by atoms with E-state index >= 15 is 0 Å². The molecule has 9 heteroatoms. The lowest BCUT2D eigenvalue weighted by Crippen LogP contribution is -2.44. The van der Waals surface area contributed by atoms with Crippen molar-refractivity contribution >= 4 is 11.6 Å². The first-order valence-corrected chi connectivity index (χ1v) is 9.50. The summed E-state index contributed by atoms with van der Waals surface area (Å²) in [6, 6.07) is 8.15. The molecule has 0 aliphatic carbocycles. The zero-order valence-electron chi connectivity index (χ0n) is 16.4. The number of halogens is 3. The van der Waals surface area contributed by atoms with E-state index in [1.54, 1.807) is 7.11 Å². The van der Waals surface area contributed by atoms with Gasteiger partial charge in [0.2, 0.25) is 0 Å². The number of methoxy groups -OCH3 is 1. The molecule has 1 saturated heterocycles. The van der Waals surface area contributed by atoms with Gasteiger partial charge in [0, 0.05) is 38.8 Å². The van der Waals surface area contributed by atoms with Gasteiger partial charge in [-0.15, -0.1) is 0 Å². The van der Waals surface area contributed by atoms with Crippen molar-refractivity contribution in [1.29, 1.82) is 0 Å². The Bertz CT molecular complexity index is 625. The van der Waals surface area contributed by atoms with E-state index in [0.717, 1.165) is 30.9 Å². The Labute approximate surface area is 164 Å². The van der Waals surface area contributed by atoms with Crippen LogP contribution in [0.4, 0.5) is 18.9 Å². The minimum atomic E-state index is -4.28. The van der Waals surface area contributed by atoms with Crippen LogP contribution >= 0.6 is 0 Å². The maximum Gasteiger partial charge on any atom is 0.411 e. The number of nitrogens with one attached hydrogen (secondary N) is 2. The largest absolute Gasteiger partial charge is 0.495 e. The van der Waals surface area contributed by atoms with Crippen LogP contribution in [0.25, 0.3) is 0 Å². The van der Waals surface area contributed by atoms with Gasteiger partial charge >= 0.3 is 6.18 Å². The minimum Gasteiger partial charge on any atom is -0.495 e. The first-order chi connectivity index (χ1) is 13.4. The molecule has 1 aromatic rings. The van der Waals surface area contributed by atoms with E-state index in [4.69, 9.17) is 4.74 Å². The summed E-state index contributed by atoms with van der Waals surface area (Å²) in [5, 5.41) is 6.58. The van der Waals surface area contributed by atoms with E-state index < -0.39 is 12.8 Å². The van der Waals surface area contributed by atoms with Crippen LogP contribution in [-0.4, -0.2) is 64.7 Å². The molecule has 0 saturated carbocycles. The third-order valence-corrected chi connectivity index (χ3v) is 4.28. The summed E-state index contributed by atoms with van der Waals surface area (Å²) in [5.74, 6) is 1.52. The zero-order valence-corrected chi connectivity index (χ0v) is 16.4. The summed E-state index contributed by atoms with van der Waals surface area (Å²) in [7, 11) is 1.67. The molecule has 0 bridgehead atoms. The molecule has 1 aliphatic rings. The molecule has 1 atom stereocenters. The maximum atomic E-state index is 12.0. The Morgan fingerprint density at radius 3 is 2.82 bits per heavy atom. The third kappa shape index (κ3) is 7.46. The number of ether oxygens (including phenoxy) is 2. The topological polar surface area (TPSA) is 58.1 Å². The van der Waals surface area contributed by atoms with Gasteiger partial charge in [-0.2, -0.15) is 13.2 Å². The molecule has 1 aliphatic heterocycles. The lowest BCUT2D eigenvalue weighted by atomic mass is 10.2. The molecule has 1 heterocycles. The van der Waals surface area contributed by atoms with Gasteiger partial charge in [-0.25, -0.2) is 0 Å². The summed E-state index contributed by atoms with van der Waals surface area (Å²) >= 11 is 0. The Balaban J connectivity index is 1.80. The molecule has 6 nitrogen and oxygen atoms in total. The number of rotatable bonds is 9.